The topological polar surface area (TPSA) is 113 Å². The third-order valence-corrected chi connectivity index (χ3v) is 5.43. The van der Waals surface area contributed by atoms with Gasteiger partial charge in [-0.05, 0) is 18.2 Å². The minimum Gasteiger partial charge on any atom is -0.352 e. The van der Waals surface area contributed by atoms with E-state index in [4.69, 9.17) is 0 Å². The van der Waals surface area contributed by atoms with E-state index < -0.39 is 0 Å². The second-order valence-electron chi connectivity index (χ2n) is 5.94. The molecule has 1 fully saturated rings. The number of carbonyl (C=O) groups excluding carboxylic acids is 1. The van der Waals surface area contributed by atoms with E-state index >= 15 is 0 Å². The molecular weight excluding hydrogens is 368 g/mol. The number of hydrogen-bond acceptors (Lipinski definition) is 7. The first-order valence-electron chi connectivity index (χ1n) is 8.39. The molecule has 3 aromatic rings. The summed E-state index contributed by atoms with van der Waals surface area (Å²) in [5, 5.41) is 18.0. The van der Waals surface area contributed by atoms with E-state index in [0.717, 1.165) is 4.70 Å². The molecule has 0 radical (unpaired) electrons. The molecule has 1 aliphatic heterocycles. The van der Waals surface area contributed by atoms with Crippen LogP contribution in [-0.2, 0) is 0 Å². The fraction of sp³-hybridized carbons (Fsp3) is 0.235. The van der Waals surface area contributed by atoms with E-state index in [-0.39, 0.29) is 16.6 Å². The maximum atomic E-state index is 11.6. The Labute approximate surface area is 158 Å². The first kappa shape index (κ1) is 17.2. The molecule has 10 heteroatoms. The number of nitrogens with zero attached hydrogens (tertiary/aromatic N) is 4. The Bertz CT molecular complexity index is 1020. The van der Waals surface area contributed by atoms with Gasteiger partial charge in [-0.3, -0.25) is 10.1 Å². The first-order valence-corrected chi connectivity index (χ1v) is 9.21. The van der Waals surface area contributed by atoms with Crippen LogP contribution in [0.15, 0.2) is 36.5 Å². The number of urea groups is 1. The van der Waals surface area contributed by atoms with Crippen molar-refractivity contribution >= 4 is 39.1 Å². The van der Waals surface area contributed by atoms with Crippen molar-refractivity contribution in [3.8, 4) is 10.6 Å². The zero-order valence-electron chi connectivity index (χ0n) is 14.2. The number of anilines is 1. The van der Waals surface area contributed by atoms with Crippen LogP contribution < -0.4 is 10.6 Å². The molecular formula is C17H16N6O3S. The minimum atomic E-state index is -0.366. The number of benzene rings is 1. The van der Waals surface area contributed by atoms with Crippen LogP contribution in [0.25, 0.3) is 20.7 Å². The number of carbonyl (C=O) groups is 1. The fourth-order valence-electron chi connectivity index (χ4n) is 2.98. The van der Waals surface area contributed by atoms with Gasteiger partial charge in [-0.2, -0.15) is 0 Å². The van der Waals surface area contributed by atoms with Gasteiger partial charge >= 0.3 is 6.03 Å². The summed E-state index contributed by atoms with van der Waals surface area (Å²) in [5.74, 6) is 0.374. The van der Waals surface area contributed by atoms with Crippen LogP contribution in [0.1, 0.15) is 0 Å². The molecule has 1 saturated heterocycles. The highest BCUT2D eigenvalue weighted by Crippen LogP contribution is 2.43. The fourth-order valence-corrected chi connectivity index (χ4v) is 4.12. The summed E-state index contributed by atoms with van der Waals surface area (Å²) in [6, 6.07) is 8.83. The van der Waals surface area contributed by atoms with Crippen molar-refractivity contribution in [3.63, 3.8) is 0 Å². The maximum absolute atomic E-state index is 11.6. The van der Waals surface area contributed by atoms with Crippen molar-refractivity contribution < 1.29 is 9.72 Å². The van der Waals surface area contributed by atoms with Crippen LogP contribution in [-0.4, -0.2) is 52.0 Å². The molecule has 4 rings (SSSR count). The van der Waals surface area contributed by atoms with Crippen LogP contribution in [0, 0.1) is 10.1 Å². The molecule has 9 nitrogen and oxygen atoms in total. The second kappa shape index (κ2) is 7.16. The average Bonchev–Trinajstić information content (AvgIpc) is 3.25. The standard InChI is InChI=1S/C17H16N6O3S/c24-17-20-8-10-22(17)9-7-19-16-18-6-5-12(21-16)15-14(23(25)26)11-3-1-2-4-13(11)27-15/h1-6H,7-10H2,(H,20,24)(H,18,19,21). The summed E-state index contributed by atoms with van der Waals surface area (Å²) >= 11 is 1.34. The van der Waals surface area contributed by atoms with E-state index in [9.17, 15) is 14.9 Å². The van der Waals surface area contributed by atoms with Gasteiger partial charge in [0.25, 0.3) is 5.69 Å². The van der Waals surface area contributed by atoms with Crippen LogP contribution >= 0.6 is 11.3 Å². The predicted molar refractivity (Wildman–Crippen MR) is 103 cm³/mol. The highest BCUT2D eigenvalue weighted by Gasteiger charge is 2.24. The smallest absolute Gasteiger partial charge is 0.317 e. The number of fused-ring (bicyclic) bond motifs is 1. The number of aromatic nitrogens is 2. The molecule has 27 heavy (non-hydrogen) atoms. The Hall–Kier alpha value is -3.27. The minimum absolute atomic E-state index is 0.0639. The van der Waals surface area contributed by atoms with Gasteiger partial charge < -0.3 is 15.5 Å². The molecule has 0 bridgehead atoms. The monoisotopic (exact) mass is 384 g/mol. The lowest BCUT2D eigenvalue weighted by molar-refractivity contribution is -0.382. The van der Waals surface area contributed by atoms with Crippen molar-refractivity contribution in [2.45, 2.75) is 0 Å². The summed E-state index contributed by atoms with van der Waals surface area (Å²) in [6.45, 7) is 2.35. The summed E-state index contributed by atoms with van der Waals surface area (Å²) in [6.07, 6.45) is 1.57. The normalized spacial score (nSPS) is 13.8. The lowest BCUT2D eigenvalue weighted by atomic mass is 10.2. The molecule has 0 spiro atoms. The van der Waals surface area contributed by atoms with Crippen molar-refractivity contribution in [1.29, 1.82) is 0 Å². The predicted octanol–water partition coefficient (Wildman–Crippen LogP) is 2.70. The number of rotatable bonds is 6. The van der Waals surface area contributed by atoms with E-state index in [0.29, 0.717) is 48.1 Å². The summed E-state index contributed by atoms with van der Waals surface area (Å²) in [4.78, 5) is 33.6. The number of nitro groups is 1. The number of hydrogen-bond donors (Lipinski definition) is 2. The third kappa shape index (κ3) is 3.38. The Balaban J connectivity index is 1.57. The highest BCUT2D eigenvalue weighted by atomic mass is 32.1. The van der Waals surface area contributed by atoms with Gasteiger partial charge in [0, 0.05) is 37.1 Å². The van der Waals surface area contributed by atoms with Gasteiger partial charge in [-0.25, -0.2) is 14.8 Å². The van der Waals surface area contributed by atoms with Gasteiger partial charge in [0.05, 0.1) is 16.0 Å². The average molecular weight is 384 g/mol. The molecule has 0 aliphatic carbocycles. The summed E-state index contributed by atoms with van der Waals surface area (Å²) in [7, 11) is 0. The summed E-state index contributed by atoms with van der Waals surface area (Å²) in [5.41, 5.74) is 0.563. The first-order chi connectivity index (χ1) is 13.1. The zero-order chi connectivity index (χ0) is 18.8. The molecule has 138 valence electrons. The Morgan fingerprint density at radius 2 is 2.19 bits per heavy atom. The van der Waals surface area contributed by atoms with Crippen LogP contribution in [0.5, 0.6) is 0 Å². The quantitative estimate of drug-likeness (QED) is 0.499. The Kier molecular flexibility index (Phi) is 4.55. The Morgan fingerprint density at radius 3 is 2.96 bits per heavy atom. The van der Waals surface area contributed by atoms with Crippen molar-refractivity contribution in [2.24, 2.45) is 0 Å². The van der Waals surface area contributed by atoms with Crippen LogP contribution in [0.2, 0.25) is 0 Å². The summed E-state index contributed by atoms with van der Waals surface area (Å²) < 4.78 is 0.840. The lowest BCUT2D eigenvalue weighted by Gasteiger charge is -2.14. The van der Waals surface area contributed by atoms with E-state index in [1.165, 1.54) is 11.3 Å². The highest BCUT2D eigenvalue weighted by molar-refractivity contribution is 7.23. The van der Waals surface area contributed by atoms with Gasteiger partial charge in [0.15, 0.2) is 0 Å². The molecule has 2 aromatic heterocycles. The molecule has 2 amide bonds. The molecule has 2 N–H and O–H groups in total. The van der Waals surface area contributed by atoms with E-state index in [1.54, 1.807) is 29.3 Å². The second-order valence-corrected chi connectivity index (χ2v) is 7.00. The van der Waals surface area contributed by atoms with Crippen molar-refractivity contribution in [2.75, 3.05) is 31.5 Å². The lowest BCUT2D eigenvalue weighted by Crippen LogP contribution is -2.32. The number of thiophene rings is 1. The number of nitrogens with one attached hydrogen (secondary N) is 2. The third-order valence-electron chi connectivity index (χ3n) is 4.25. The van der Waals surface area contributed by atoms with Gasteiger partial charge in [-0.1, -0.05) is 12.1 Å². The molecule has 1 aliphatic rings. The van der Waals surface area contributed by atoms with Crippen molar-refractivity contribution in [3.05, 3.63) is 46.6 Å². The largest absolute Gasteiger partial charge is 0.352 e. The van der Waals surface area contributed by atoms with Crippen molar-refractivity contribution in [1.82, 2.24) is 20.2 Å². The zero-order valence-corrected chi connectivity index (χ0v) is 15.0. The number of amides is 2. The van der Waals surface area contributed by atoms with Gasteiger partial charge in [0.2, 0.25) is 5.95 Å². The SMILES string of the molecule is O=C1NCCN1CCNc1nccc(-c2sc3ccccc3c2[N+](=O)[O-])n1. The molecule has 1 aromatic carbocycles. The van der Waals surface area contributed by atoms with Gasteiger partial charge in [0.1, 0.15) is 4.88 Å². The molecule has 0 atom stereocenters. The van der Waals surface area contributed by atoms with E-state index in [2.05, 4.69) is 20.6 Å². The maximum Gasteiger partial charge on any atom is 0.317 e. The molecule has 0 saturated carbocycles. The van der Waals surface area contributed by atoms with Gasteiger partial charge in [-0.15, -0.1) is 11.3 Å². The molecule has 0 unspecified atom stereocenters. The van der Waals surface area contributed by atoms with Crippen LogP contribution in [0.4, 0.5) is 16.4 Å². The van der Waals surface area contributed by atoms with E-state index in [1.807, 2.05) is 12.1 Å². The Morgan fingerprint density at radius 1 is 1.33 bits per heavy atom. The molecule has 3 heterocycles. The van der Waals surface area contributed by atoms with Crippen LogP contribution in [0.3, 0.4) is 0 Å².